The van der Waals surface area contributed by atoms with Crippen LogP contribution in [0.4, 0.5) is 0 Å². The van der Waals surface area contributed by atoms with Crippen LogP contribution in [-0.2, 0) is 0 Å². The minimum absolute atomic E-state index is 0.0690. The molecule has 0 bridgehead atoms. The van der Waals surface area contributed by atoms with Crippen molar-refractivity contribution in [2.75, 3.05) is 26.2 Å². The van der Waals surface area contributed by atoms with Gasteiger partial charge in [-0.15, -0.1) is 0 Å². The number of hydrogen-bond donors (Lipinski definition) is 0. The predicted molar refractivity (Wildman–Crippen MR) is 70.9 cm³/mol. The van der Waals surface area contributed by atoms with Crippen molar-refractivity contribution in [1.29, 1.82) is 0 Å². The predicted octanol–water partition coefficient (Wildman–Crippen LogP) is 1.98. The molecule has 1 aromatic rings. The summed E-state index contributed by atoms with van der Waals surface area (Å²) in [5.41, 5.74) is 0.133. The van der Waals surface area contributed by atoms with Gasteiger partial charge < -0.3 is 9.32 Å². The first-order valence-corrected chi connectivity index (χ1v) is 7.35. The van der Waals surface area contributed by atoms with E-state index in [9.17, 15) is 4.79 Å². The third-order valence-corrected chi connectivity index (χ3v) is 5.13. The molecule has 102 valence electrons. The second-order valence-electron chi connectivity index (χ2n) is 6.37. The minimum atomic E-state index is 0.0690. The zero-order chi connectivity index (χ0) is 12.9. The third-order valence-electron chi connectivity index (χ3n) is 5.13. The summed E-state index contributed by atoms with van der Waals surface area (Å²) in [6, 6.07) is 3.54. The van der Waals surface area contributed by atoms with Crippen LogP contribution in [0.2, 0.25) is 0 Å². The Kier molecular flexibility index (Phi) is 2.49. The van der Waals surface area contributed by atoms with Gasteiger partial charge in [0.2, 0.25) is 0 Å². The fourth-order valence-corrected chi connectivity index (χ4v) is 3.67. The molecular weight excluding hydrogens is 240 g/mol. The molecule has 4 heteroatoms. The van der Waals surface area contributed by atoms with Gasteiger partial charge in [-0.25, -0.2) is 0 Å². The molecule has 1 aliphatic carbocycles. The highest BCUT2D eigenvalue weighted by molar-refractivity contribution is 5.92. The van der Waals surface area contributed by atoms with E-state index >= 15 is 0 Å². The Morgan fingerprint density at radius 3 is 2.79 bits per heavy atom. The van der Waals surface area contributed by atoms with E-state index < -0.39 is 0 Å². The largest absolute Gasteiger partial charge is 0.459 e. The first-order chi connectivity index (χ1) is 9.27. The van der Waals surface area contributed by atoms with E-state index in [1.807, 2.05) is 4.90 Å². The van der Waals surface area contributed by atoms with Crippen LogP contribution in [0.15, 0.2) is 22.8 Å². The zero-order valence-electron chi connectivity index (χ0n) is 11.2. The van der Waals surface area contributed by atoms with Gasteiger partial charge in [-0.3, -0.25) is 9.69 Å². The summed E-state index contributed by atoms with van der Waals surface area (Å²) in [4.78, 5) is 16.8. The molecule has 1 saturated carbocycles. The highest BCUT2D eigenvalue weighted by atomic mass is 16.3. The molecule has 4 nitrogen and oxygen atoms in total. The van der Waals surface area contributed by atoms with E-state index in [1.165, 1.54) is 25.8 Å². The number of likely N-dealkylation sites (tertiary alicyclic amines) is 2. The second kappa shape index (κ2) is 4.10. The van der Waals surface area contributed by atoms with Crippen LogP contribution in [0, 0.1) is 5.92 Å². The number of rotatable bonds is 3. The van der Waals surface area contributed by atoms with Crippen LogP contribution in [0.1, 0.15) is 36.2 Å². The van der Waals surface area contributed by atoms with Gasteiger partial charge >= 0.3 is 0 Å². The fraction of sp³-hybridized carbons (Fsp3) is 0.667. The number of amides is 1. The lowest BCUT2D eigenvalue weighted by Gasteiger charge is -2.63. The molecule has 3 fully saturated rings. The molecule has 3 heterocycles. The number of carbonyl (C=O) groups is 1. The molecule has 4 rings (SSSR count). The molecular formula is C15H20N2O2. The normalized spacial score (nSPS) is 25.8. The quantitative estimate of drug-likeness (QED) is 0.834. The second-order valence-corrected chi connectivity index (χ2v) is 6.37. The van der Waals surface area contributed by atoms with Gasteiger partial charge in [-0.1, -0.05) is 6.42 Å². The standard InChI is InChI=1S/C15H20N2O2/c18-14(13-5-2-8-19-13)17-7-6-15(17)10-16(11-15)9-12-3-1-4-12/h2,5,8,12H,1,3-4,6-7,9-11H2. The minimum Gasteiger partial charge on any atom is -0.459 e. The van der Waals surface area contributed by atoms with Crippen molar-refractivity contribution in [1.82, 2.24) is 9.80 Å². The maximum absolute atomic E-state index is 12.3. The summed E-state index contributed by atoms with van der Waals surface area (Å²) in [6.45, 7) is 4.26. The molecule has 2 saturated heterocycles. The topological polar surface area (TPSA) is 36.7 Å². The van der Waals surface area contributed by atoms with Crippen molar-refractivity contribution < 1.29 is 9.21 Å². The Morgan fingerprint density at radius 2 is 2.26 bits per heavy atom. The van der Waals surface area contributed by atoms with E-state index in [0.29, 0.717) is 5.76 Å². The average Bonchev–Trinajstić information content (AvgIpc) is 2.76. The lowest BCUT2D eigenvalue weighted by molar-refractivity contribution is -0.107. The summed E-state index contributed by atoms with van der Waals surface area (Å²) in [7, 11) is 0. The molecule has 0 aromatic carbocycles. The van der Waals surface area contributed by atoms with E-state index in [-0.39, 0.29) is 11.4 Å². The van der Waals surface area contributed by atoms with Gasteiger partial charge in [-0.2, -0.15) is 0 Å². The molecule has 0 N–H and O–H groups in total. The SMILES string of the molecule is O=C(c1ccco1)N1CCC12CN(CC1CCC1)C2. The lowest BCUT2D eigenvalue weighted by atomic mass is 9.75. The number of nitrogens with zero attached hydrogens (tertiary/aromatic N) is 2. The Hall–Kier alpha value is -1.29. The Labute approximate surface area is 113 Å². The van der Waals surface area contributed by atoms with E-state index in [2.05, 4.69) is 4.90 Å². The molecule has 3 aliphatic rings. The van der Waals surface area contributed by atoms with E-state index in [0.717, 1.165) is 32.0 Å². The smallest absolute Gasteiger partial charge is 0.290 e. The number of hydrogen-bond acceptors (Lipinski definition) is 3. The number of furan rings is 1. The maximum atomic E-state index is 12.3. The van der Waals surface area contributed by atoms with E-state index in [1.54, 1.807) is 18.4 Å². The molecule has 19 heavy (non-hydrogen) atoms. The molecule has 1 amide bonds. The maximum Gasteiger partial charge on any atom is 0.290 e. The highest BCUT2D eigenvalue weighted by Gasteiger charge is 2.55. The highest BCUT2D eigenvalue weighted by Crippen LogP contribution is 2.41. The van der Waals surface area contributed by atoms with Crippen molar-refractivity contribution in [3.05, 3.63) is 24.2 Å². The van der Waals surface area contributed by atoms with Crippen LogP contribution in [0.25, 0.3) is 0 Å². The first kappa shape index (κ1) is 11.5. The Bertz CT molecular complexity index is 472. The van der Waals surface area contributed by atoms with Crippen molar-refractivity contribution in [2.45, 2.75) is 31.2 Å². The van der Waals surface area contributed by atoms with Crippen LogP contribution >= 0.6 is 0 Å². The van der Waals surface area contributed by atoms with Gasteiger partial charge in [-0.05, 0) is 37.3 Å². The molecule has 0 atom stereocenters. The fourth-order valence-electron chi connectivity index (χ4n) is 3.67. The van der Waals surface area contributed by atoms with Crippen molar-refractivity contribution in [3.63, 3.8) is 0 Å². The summed E-state index contributed by atoms with van der Waals surface area (Å²) >= 11 is 0. The van der Waals surface area contributed by atoms with Crippen molar-refractivity contribution in [3.8, 4) is 0 Å². The lowest BCUT2D eigenvalue weighted by Crippen LogP contribution is -2.78. The summed E-state index contributed by atoms with van der Waals surface area (Å²) in [6.07, 6.45) is 6.94. The summed E-state index contributed by atoms with van der Waals surface area (Å²) in [5.74, 6) is 1.47. The molecule has 0 unspecified atom stereocenters. The van der Waals surface area contributed by atoms with Gasteiger partial charge in [0.1, 0.15) is 0 Å². The first-order valence-electron chi connectivity index (χ1n) is 7.35. The van der Waals surface area contributed by atoms with Crippen LogP contribution in [0.3, 0.4) is 0 Å². The van der Waals surface area contributed by atoms with Crippen LogP contribution in [0.5, 0.6) is 0 Å². The average molecular weight is 260 g/mol. The molecule has 0 radical (unpaired) electrons. The van der Waals surface area contributed by atoms with Crippen molar-refractivity contribution in [2.24, 2.45) is 5.92 Å². The van der Waals surface area contributed by atoms with Crippen LogP contribution < -0.4 is 0 Å². The molecule has 1 aromatic heterocycles. The van der Waals surface area contributed by atoms with Gasteiger partial charge in [0.25, 0.3) is 5.91 Å². The summed E-state index contributed by atoms with van der Waals surface area (Å²) < 4.78 is 5.23. The van der Waals surface area contributed by atoms with Crippen molar-refractivity contribution >= 4 is 5.91 Å². The van der Waals surface area contributed by atoms with Gasteiger partial charge in [0.05, 0.1) is 11.8 Å². The Morgan fingerprint density at radius 1 is 1.42 bits per heavy atom. The number of carbonyl (C=O) groups excluding carboxylic acids is 1. The summed E-state index contributed by atoms with van der Waals surface area (Å²) in [5, 5.41) is 0. The monoisotopic (exact) mass is 260 g/mol. The Balaban J connectivity index is 1.37. The van der Waals surface area contributed by atoms with Crippen LogP contribution in [-0.4, -0.2) is 47.4 Å². The molecule has 2 aliphatic heterocycles. The zero-order valence-corrected chi connectivity index (χ0v) is 11.2. The van der Waals surface area contributed by atoms with Gasteiger partial charge in [0, 0.05) is 26.2 Å². The third kappa shape index (κ3) is 1.73. The molecule has 1 spiro atoms. The van der Waals surface area contributed by atoms with E-state index in [4.69, 9.17) is 4.42 Å². The van der Waals surface area contributed by atoms with Gasteiger partial charge in [0.15, 0.2) is 5.76 Å².